The molecule has 18 heavy (non-hydrogen) atoms. The van der Waals surface area contributed by atoms with Crippen molar-refractivity contribution in [1.82, 2.24) is 20.3 Å². The van der Waals surface area contributed by atoms with Gasteiger partial charge in [-0.05, 0) is 47.8 Å². The smallest absolute Gasteiger partial charge is 0.177 e. The van der Waals surface area contributed by atoms with Crippen LogP contribution in [-0.4, -0.2) is 28.0 Å². The topological polar surface area (TPSA) is 53.6 Å². The Morgan fingerprint density at radius 3 is 3.11 bits per heavy atom. The van der Waals surface area contributed by atoms with Gasteiger partial charge in [-0.15, -0.1) is 0 Å². The van der Waals surface area contributed by atoms with Crippen LogP contribution in [0.2, 0.25) is 0 Å². The van der Waals surface area contributed by atoms with E-state index >= 15 is 0 Å². The van der Waals surface area contributed by atoms with Gasteiger partial charge in [0.15, 0.2) is 5.65 Å². The van der Waals surface area contributed by atoms with Crippen LogP contribution < -0.4 is 5.32 Å². The molecule has 1 atom stereocenters. The average Bonchev–Trinajstić information content (AvgIpc) is 2.83. The molecule has 4 nitrogen and oxygen atoms in total. The lowest BCUT2D eigenvalue weighted by Gasteiger charge is -2.35. The van der Waals surface area contributed by atoms with Crippen molar-refractivity contribution >= 4 is 27.1 Å². The first-order valence-corrected chi connectivity index (χ1v) is 7.25. The number of hydrogen-bond acceptors (Lipinski definition) is 3. The zero-order chi connectivity index (χ0) is 12.6. The fraction of sp³-hybridized carbons (Fsp3) is 0.538. The fourth-order valence-electron chi connectivity index (χ4n) is 2.76. The number of aromatic amines is 1. The van der Waals surface area contributed by atoms with E-state index in [0.717, 1.165) is 41.0 Å². The Balaban J connectivity index is 2.06. The van der Waals surface area contributed by atoms with Crippen LogP contribution in [0.15, 0.2) is 16.7 Å². The van der Waals surface area contributed by atoms with Crippen LogP contribution in [0.25, 0.3) is 11.2 Å². The molecule has 96 valence electrons. The number of hydrogen-bond donors (Lipinski definition) is 2. The van der Waals surface area contributed by atoms with Crippen LogP contribution in [0.4, 0.5) is 0 Å². The second kappa shape index (κ2) is 4.63. The Kier molecular flexibility index (Phi) is 3.11. The minimum Gasteiger partial charge on any atom is -0.340 e. The second-order valence-corrected chi connectivity index (χ2v) is 5.94. The molecule has 0 bridgehead atoms. The highest BCUT2D eigenvalue weighted by Crippen LogP contribution is 2.33. The van der Waals surface area contributed by atoms with Gasteiger partial charge in [0.05, 0.1) is 5.52 Å². The summed E-state index contributed by atoms with van der Waals surface area (Å²) in [5, 5.41) is 3.49. The summed E-state index contributed by atoms with van der Waals surface area (Å²) in [5.74, 6) is 1.08. The Labute approximate surface area is 115 Å². The van der Waals surface area contributed by atoms with E-state index in [2.05, 4.69) is 38.1 Å². The quantitative estimate of drug-likeness (QED) is 0.897. The molecule has 1 aliphatic rings. The minimum absolute atomic E-state index is 0.144. The van der Waals surface area contributed by atoms with Gasteiger partial charge in [-0.25, -0.2) is 9.97 Å². The third kappa shape index (κ3) is 1.95. The number of aromatic nitrogens is 3. The molecule has 3 rings (SSSR count). The van der Waals surface area contributed by atoms with E-state index in [0.29, 0.717) is 0 Å². The van der Waals surface area contributed by atoms with E-state index in [1.807, 2.05) is 6.07 Å². The summed E-state index contributed by atoms with van der Waals surface area (Å²) in [5.41, 5.74) is 1.97. The number of halogens is 1. The summed E-state index contributed by atoms with van der Waals surface area (Å²) in [6.45, 7) is 4.36. The molecule has 0 saturated carbocycles. The van der Waals surface area contributed by atoms with Gasteiger partial charge >= 0.3 is 0 Å². The maximum absolute atomic E-state index is 4.69. The van der Waals surface area contributed by atoms with E-state index in [-0.39, 0.29) is 5.41 Å². The molecule has 1 aliphatic heterocycles. The first kappa shape index (κ1) is 12.1. The monoisotopic (exact) mass is 308 g/mol. The summed E-state index contributed by atoms with van der Waals surface area (Å²) in [7, 11) is 0. The SMILES string of the molecule is CCC1(c2nc3ncc(Br)cc3[nH]2)CCCNC1. The Hall–Kier alpha value is -0.940. The summed E-state index contributed by atoms with van der Waals surface area (Å²) >= 11 is 3.45. The molecule has 0 radical (unpaired) electrons. The van der Waals surface area contributed by atoms with Gasteiger partial charge in [-0.2, -0.15) is 0 Å². The lowest BCUT2D eigenvalue weighted by Crippen LogP contribution is -2.43. The van der Waals surface area contributed by atoms with Crippen molar-refractivity contribution in [1.29, 1.82) is 0 Å². The molecule has 2 aromatic rings. The number of nitrogens with zero attached hydrogens (tertiary/aromatic N) is 2. The zero-order valence-electron chi connectivity index (χ0n) is 10.5. The number of imidazole rings is 1. The summed E-state index contributed by atoms with van der Waals surface area (Å²) < 4.78 is 0.984. The number of rotatable bonds is 2. The maximum Gasteiger partial charge on any atom is 0.177 e. The van der Waals surface area contributed by atoms with Gasteiger partial charge in [0, 0.05) is 22.6 Å². The highest BCUT2D eigenvalue weighted by atomic mass is 79.9. The van der Waals surface area contributed by atoms with E-state index in [1.54, 1.807) is 6.20 Å². The molecule has 1 fully saturated rings. The van der Waals surface area contributed by atoms with Crippen molar-refractivity contribution in [2.24, 2.45) is 0 Å². The van der Waals surface area contributed by atoms with Crippen molar-refractivity contribution in [3.8, 4) is 0 Å². The molecule has 3 heterocycles. The molecule has 1 unspecified atom stereocenters. The standard InChI is InChI=1S/C13H17BrN4/c1-2-13(4-3-5-15-8-13)12-17-10-6-9(14)7-16-11(10)18-12/h6-7,15H,2-5,8H2,1H3,(H,16,17,18). The second-order valence-electron chi connectivity index (χ2n) is 5.02. The van der Waals surface area contributed by atoms with Crippen LogP contribution in [0.5, 0.6) is 0 Å². The zero-order valence-corrected chi connectivity index (χ0v) is 12.0. The fourth-order valence-corrected chi connectivity index (χ4v) is 3.10. The molecule has 0 amide bonds. The van der Waals surface area contributed by atoms with E-state index in [4.69, 9.17) is 4.98 Å². The third-order valence-corrected chi connectivity index (χ3v) is 4.39. The predicted octanol–water partition coefficient (Wildman–Crippen LogP) is 2.75. The Morgan fingerprint density at radius 2 is 2.39 bits per heavy atom. The number of nitrogens with one attached hydrogen (secondary N) is 2. The highest BCUT2D eigenvalue weighted by Gasteiger charge is 2.35. The molecule has 0 aliphatic carbocycles. The first-order chi connectivity index (χ1) is 8.73. The molecule has 0 aromatic carbocycles. The van der Waals surface area contributed by atoms with Crippen molar-refractivity contribution in [3.63, 3.8) is 0 Å². The molecule has 0 spiro atoms. The average molecular weight is 309 g/mol. The largest absolute Gasteiger partial charge is 0.340 e. The van der Waals surface area contributed by atoms with E-state index in [9.17, 15) is 0 Å². The Morgan fingerprint density at radius 1 is 1.50 bits per heavy atom. The maximum atomic E-state index is 4.69. The predicted molar refractivity (Wildman–Crippen MR) is 75.7 cm³/mol. The van der Waals surface area contributed by atoms with Crippen LogP contribution >= 0.6 is 15.9 Å². The number of pyridine rings is 1. The summed E-state index contributed by atoms with van der Waals surface area (Å²) in [6, 6.07) is 2.04. The van der Waals surface area contributed by atoms with Gasteiger partial charge in [0.1, 0.15) is 5.82 Å². The molecular formula is C13H17BrN4. The Bertz CT molecular complexity index is 557. The molecule has 2 aromatic heterocycles. The number of piperidine rings is 1. The summed E-state index contributed by atoms with van der Waals surface area (Å²) in [4.78, 5) is 12.5. The third-order valence-electron chi connectivity index (χ3n) is 3.96. The van der Waals surface area contributed by atoms with Crippen molar-refractivity contribution in [2.45, 2.75) is 31.6 Å². The van der Waals surface area contributed by atoms with Gasteiger partial charge in [-0.1, -0.05) is 6.92 Å². The van der Waals surface area contributed by atoms with Crippen LogP contribution in [-0.2, 0) is 5.41 Å². The summed E-state index contributed by atoms with van der Waals surface area (Å²) in [6.07, 6.45) is 5.30. The normalized spacial score (nSPS) is 24.6. The van der Waals surface area contributed by atoms with E-state index < -0.39 is 0 Å². The van der Waals surface area contributed by atoms with Gasteiger partial charge in [0.25, 0.3) is 0 Å². The number of H-pyrrole nitrogens is 1. The van der Waals surface area contributed by atoms with Crippen LogP contribution in [0.3, 0.4) is 0 Å². The van der Waals surface area contributed by atoms with Crippen molar-refractivity contribution in [2.75, 3.05) is 13.1 Å². The molecule has 2 N–H and O–H groups in total. The van der Waals surface area contributed by atoms with Crippen LogP contribution in [0.1, 0.15) is 32.0 Å². The first-order valence-electron chi connectivity index (χ1n) is 6.46. The van der Waals surface area contributed by atoms with Gasteiger partial charge < -0.3 is 10.3 Å². The van der Waals surface area contributed by atoms with Gasteiger partial charge in [-0.3, -0.25) is 0 Å². The van der Waals surface area contributed by atoms with E-state index in [1.165, 1.54) is 12.8 Å². The minimum atomic E-state index is 0.144. The van der Waals surface area contributed by atoms with Crippen molar-refractivity contribution in [3.05, 3.63) is 22.6 Å². The number of fused-ring (bicyclic) bond motifs is 1. The van der Waals surface area contributed by atoms with Gasteiger partial charge in [0.2, 0.25) is 0 Å². The van der Waals surface area contributed by atoms with Crippen molar-refractivity contribution < 1.29 is 0 Å². The molecule has 1 saturated heterocycles. The molecular weight excluding hydrogens is 292 g/mol. The molecule has 5 heteroatoms. The van der Waals surface area contributed by atoms with Crippen LogP contribution in [0, 0.1) is 0 Å². The lowest BCUT2D eigenvalue weighted by atomic mass is 9.77. The lowest BCUT2D eigenvalue weighted by molar-refractivity contribution is 0.290. The highest BCUT2D eigenvalue weighted by molar-refractivity contribution is 9.10.